The maximum atomic E-state index is 3.52. The average molecular weight is 289 g/mol. The van der Waals surface area contributed by atoms with Gasteiger partial charge >= 0.3 is 0 Å². The van der Waals surface area contributed by atoms with Crippen molar-refractivity contribution >= 4 is 21.4 Å². The Morgan fingerprint density at radius 1 is 1.20 bits per heavy atom. The average Bonchev–Trinajstić information content (AvgIpc) is 2.77. The molecule has 0 amide bonds. The molecule has 1 aromatic heterocycles. The molecule has 0 aliphatic heterocycles. The SMILES string of the molecule is CNC(CC(C)CC(C)(C)C)c1csc2ccccc12. The summed E-state index contributed by atoms with van der Waals surface area (Å²) in [7, 11) is 2.08. The van der Waals surface area contributed by atoms with Gasteiger partial charge in [-0.25, -0.2) is 0 Å². The second-order valence-electron chi connectivity index (χ2n) is 7.13. The maximum Gasteiger partial charge on any atom is 0.0346 e. The summed E-state index contributed by atoms with van der Waals surface area (Å²) >= 11 is 1.86. The van der Waals surface area contributed by atoms with Gasteiger partial charge in [-0.15, -0.1) is 11.3 Å². The molecular formula is C18H27NS. The molecule has 0 radical (unpaired) electrons. The zero-order valence-electron chi connectivity index (χ0n) is 13.4. The van der Waals surface area contributed by atoms with E-state index >= 15 is 0 Å². The third-order valence-electron chi connectivity index (χ3n) is 3.83. The van der Waals surface area contributed by atoms with E-state index in [4.69, 9.17) is 0 Å². The topological polar surface area (TPSA) is 12.0 Å². The lowest BCUT2D eigenvalue weighted by molar-refractivity contribution is 0.279. The largest absolute Gasteiger partial charge is 0.313 e. The minimum Gasteiger partial charge on any atom is -0.313 e. The molecule has 0 saturated carbocycles. The van der Waals surface area contributed by atoms with E-state index < -0.39 is 0 Å². The summed E-state index contributed by atoms with van der Waals surface area (Å²) in [5.74, 6) is 0.728. The summed E-state index contributed by atoms with van der Waals surface area (Å²) in [4.78, 5) is 0. The predicted molar refractivity (Wildman–Crippen MR) is 91.5 cm³/mol. The third-order valence-corrected chi connectivity index (χ3v) is 4.82. The summed E-state index contributed by atoms with van der Waals surface area (Å²) in [6, 6.07) is 9.20. The number of hydrogen-bond donors (Lipinski definition) is 1. The Morgan fingerprint density at radius 3 is 2.55 bits per heavy atom. The Kier molecular flexibility index (Phi) is 4.87. The van der Waals surface area contributed by atoms with E-state index in [9.17, 15) is 0 Å². The van der Waals surface area contributed by atoms with Crippen LogP contribution in [0.25, 0.3) is 10.1 Å². The molecule has 2 rings (SSSR count). The Morgan fingerprint density at radius 2 is 1.90 bits per heavy atom. The smallest absolute Gasteiger partial charge is 0.0346 e. The first-order valence-corrected chi connectivity index (χ1v) is 8.42. The fraction of sp³-hybridized carbons (Fsp3) is 0.556. The van der Waals surface area contributed by atoms with Crippen LogP contribution in [0.2, 0.25) is 0 Å². The van der Waals surface area contributed by atoms with E-state index in [2.05, 4.69) is 69.7 Å². The van der Waals surface area contributed by atoms with Crippen molar-refractivity contribution in [2.45, 2.75) is 46.6 Å². The molecule has 110 valence electrons. The highest BCUT2D eigenvalue weighted by atomic mass is 32.1. The summed E-state index contributed by atoms with van der Waals surface area (Å²) in [6.45, 7) is 9.37. The number of nitrogens with one attached hydrogen (secondary N) is 1. The molecule has 2 unspecified atom stereocenters. The van der Waals surface area contributed by atoms with Crippen LogP contribution in [0.15, 0.2) is 29.6 Å². The number of rotatable bonds is 5. The Bertz CT molecular complexity index is 550. The molecule has 20 heavy (non-hydrogen) atoms. The van der Waals surface area contributed by atoms with Gasteiger partial charge in [0.15, 0.2) is 0 Å². The fourth-order valence-corrected chi connectivity index (χ4v) is 4.21. The number of thiophene rings is 1. The van der Waals surface area contributed by atoms with Crippen LogP contribution in [0.1, 0.15) is 52.1 Å². The zero-order chi connectivity index (χ0) is 14.8. The molecule has 1 aromatic carbocycles. The van der Waals surface area contributed by atoms with E-state index in [1.54, 1.807) is 0 Å². The van der Waals surface area contributed by atoms with Gasteiger partial charge in [-0.05, 0) is 53.6 Å². The van der Waals surface area contributed by atoms with E-state index in [1.165, 1.54) is 28.5 Å². The molecular weight excluding hydrogens is 262 g/mol. The second-order valence-corrected chi connectivity index (χ2v) is 8.05. The van der Waals surface area contributed by atoms with E-state index in [-0.39, 0.29) is 0 Å². The highest BCUT2D eigenvalue weighted by Gasteiger charge is 2.21. The first-order valence-electron chi connectivity index (χ1n) is 7.54. The van der Waals surface area contributed by atoms with E-state index in [0.717, 1.165) is 5.92 Å². The first-order chi connectivity index (χ1) is 9.40. The van der Waals surface area contributed by atoms with Crippen molar-refractivity contribution in [3.63, 3.8) is 0 Å². The molecule has 0 spiro atoms. The minimum atomic E-state index is 0.411. The summed E-state index contributed by atoms with van der Waals surface area (Å²) in [5.41, 5.74) is 1.88. The van der Waals surface area contributed by atoms with Crippen molar-refractivity contribution in [1.29, 1.82) is 0 Å². The zero-order valence-corrected chi connectivity index (χ0v) is 14.2. The monoisotopic (exact) mass is 289 g/mol. The molecule has 2 heteroatoms. The van der Waals surface area contributed by atoms with Gasteiger partial charge in [-0.1, -0.05) is 45.9 Å². The number of hydrogen-bond acceptors (Lipinski definition) is 2. The van der Waals surface area contributed by atoms with Crippen molar-refractivity contribution in [2.24, 2.45) is 11.3 Å². The Balaban J connectivity index is 2.16. The van der Waals surface area contributed by atoms with Crippen LogP contribution in [0.5, 0.6) is 0 Å². The van der Waals surface area contributed by atoms with Gasteiger partial charge < -0.3 is 5.32 Å². The third kappa shape index (κ3) is 3.83. The quantitative estimate of drug-likeness (QED) is 0.752. The second kappa shape index (κ2) is 6.28. The molecule has 0 bridgehead atoms. The van der Waals surface area contributed by atoms with Crippen LogP contribution >= 0.6 is 11.3 Å². The molecule has 0 aliphatic rings. The van der Waals surface area contributed by atoms with Gasteiger partial charge in [-0.3, -0.25) is 0 Å². The van der Waals surface area contributed by atoms with Crippen molar-refractivity contribution in [2.75, 3.05) is 7.05 Å². The van der Waals surface area contributed by atoms with Gasteiger partial charge in [0.25, 0.3) is 0 Å². The van der Waals surface area contributed by atoms with Gasteiger partial charge in [0.1, 0.15) is 0 Å². The predicted octanol–water partition coefficient (Wildman–Crippen LogP) is 5.62. The normalized spacial score (nSPS) is 15.4. The molecule has 0 aliphatic carbocycles. The van der Waals surface area contributed by atoms with Crippen LogP contribution in [0, 0.1) is 11.3 Å². The van der Waals surface area contributed by atoms with Gasteiger partial charge in [0, 0.05) is 10.7 Å². The highest BCUT2D eigenvalue weighted by molar-refractivity contribution is 7.17. The van der Waals surface area contributed by atoms with Crippen LogP contribution in [-0.4, -0.2) is 7.05 Å². The van der Waals surface area contributed by atoms with E-state index in [1.807, 2.05) is 11.3 Å². The summed E-state index contributed by atoms with van der Waals surface area (Å²) in [6.07, 6.45) is 2.47. The molecule has 2 atom stereocenters. The van der Waals surface area contributed by atoms with Gasteiger partial charge in [0.2, 0.25) is 0 Å². The molecule has 1 nitrogen and oxygen atoms in total. The summed E-state index contributed by atoms with van der Waals surface area (Å²) in [5, 5.41) is 7.27. The van der Waals surface area contributed by atoms with Crippen LogP contribution in [-0.2, 0) is 0 Å². The maximum absolute atomic E-state index is 3.52. The van der Waals surface area contributed by atoms with Crippen molar-refractivity contribution in [3.8, 4) is 0 Å². The molecule has 2 aromatic rings. The first kappa shape index (κ1) is 15.5. The molecule has 0 saturated heterocycles. The molecule has 1 heterocycles. The number of fused-ring (bicyclic) bond motifs is 1. The standard InChI is InChI=1S/C18H27NS/c1-13(11-18(2,3)4)10-16(19-5)15-12-20-17-9-7-6-8-14(15)17/h6-9,12-13,16,19H,10-11H2,1-5H3. The van der Waals surface area contributed by atoms with Gasteiger partial charge in [-0.2, -0.15) is 0 Å². The van der Waals surface area contributed by atoms with Crippen LogP contribution < -0.4 is 5.32 Å². The van der Waals surface area contributed by atoms with Crippen molar-refractivity contribution < 1.29 is 0 Å². The van der Waals surface area contributed by atoms with E-state index in [0.29, 0.717) is 11.5 Å². The Hall–Kier alpha value is -0.860. The molecule has 1 N–H and O–H groups in total. The minimum absolute atomic E-state index is 0.411. The highest BCUT2D eigenvalue weighted by Crippen LogP contribution is 2.35. The van der Waals surface area contributed by atoms with Crippen LogP contribution in [0.3, 0.4) is 0 Å². The molecule has 0 fully saturated rings. The van der Waals surface area contributed by atoms with Crippen molar-refractivity contribution in [1.82, 2.24) is 5.32 Å². The lowest BCUT2D eigenvalue weighted by Gasteiger charge is -2.26. The van der Waals surface area contributed by atoms with Gasteiger partial charge in [0.05, 0.1) is 0 Å². The summed E-state index contributed by atoms with van der Waals surface area (Å²) < 4.78 is 1.39. The van der Waals surface area contributed by atoms with Crippen molar-refractivity contribution in [3.05, 3.63) is 35.2 Å². The Labute approximate surface area is 127 Å². The lowest BCUT2D eigenvalue weighted by Crippen LogP contribution is -2.21. The van der Waals surface area contributed by atoms with Crippen LogP contribution in [0.4, 0.5) is 0 Å². The fourth-order valence-electron chi connectivity index (χ4n) is 3.20. The lowest BCUT2D eigenvalue weighted by atomic mass is 9.82. The number of benzene rings is 1.